The van der Waals surface area contributed by atoms with Crippen molar-refractivity contribution < 1.29 is 0 Å². The highest BCUT2D eigenvalue weighted by molar-refractivity contribution is 5.96. The summed E-state index contributed by atoms with van der Waals surface area (Å²) in [7, 11) is 1.91. The minimum absolute atomic E-state index is 0.830. The molecule has 0 unspecified atom stereocenters. The Balaban J connectivity index is 2.07. The van der Waals surface area contributed by atoms with E-state index in [1.165, 1.54) is 5.69 Å². The van der Waals surface area contributed by atoms with Crippen LogP contribution in [0.1, 0.15) is 24.1 Å². The number of hydrogen-bond acceptors (Lipinski definition) is 6. The Morgan fingerprint density at radius 3 is 2.94 bits per heavy atom. The van der Waals surface area contributed by atoms with Gasteiger partial charge in [-0.1, -0.05) is 0 Å². The Kier molecular flexibility index (Phi) is 2.08. The van der Waals surface area contributed by atoms with Crippen molar-refractivity contribution in [3.05, 3.63) is 17.2 Å². The lowest BCUT2D eigenvalue weighted by Gasteiger charge is -2.13. The Hall–Kier alpha value is -1.60. The number of amidine groups is 1. The molecule has 0 atom stereocenters. The van der Waals surface area contributed by atoms with Gasteiger partial charge in [0.15, 0.2) is 5.82 Å². The molecule has 1 aromatic heterocycles. The highest BCUT2D eigenvalue weighted by atomic mass is 15.8. The molecule has 0 saturated carbocycles. The number of nitrogens with zero attached hydrogens (tertiary/aromatic N) is 4. The van der Waals surface area contributed by atoms with Gasteiger partial charge in [-0.2, -0.15) is 0 Å². The molecule has 0 fully saturated rings. The van der Waals surface area contributed by atoms with Gasteiger partial charge in [-0.15, -0.1) is 10.6 Å². The van der Waals surface area contributed by atoms with Gasteiger partial charge in [0.2, 0.25) is 5.84 Å². The maximum Gasteiger partial charge on any atom is 0.208 e. The van der Waals surface area contributed by atoms with E-state index in [-0.39, 0.29) is 0 Å². The van der Waals surface area contributed by atoms with Crippen LogP contribution in [0.25, 0.3) is 0 Å². The van der Waals surface area contributed by atoms with Crippen LogP contribution in [0.3, 0.4) is 0 Å². The van der Waals surface area contributed by atoms with Crippen LogP contribution in [-0.4, -0.2) is 27.4 Å². The maximum absolute atomic E-state index is 4.64. The molecule has 1 aromatic rings. The van der Waals surface area contributed by atoms with E-state index in [0.29, 0.717) is 0 Å². The van der Waals surface area contributed by atoms with Crippen molar-refractivity contribution >= 4 is 5.84 Å². The van der Waals surface area contributed by atoms with E-state index >= 15 is 0 Å². The monoisotopic (exact) mass is 221 g/mol. The minimum Gasteiger partial charge on any atom is -0.324 e. The van der Waals surface area contributed by atoms with Gasteiger partial charge < -0.3 is 9.88 Å². The highest BCUT2D eigenvalue weighted by Crippen LogP contribution is 2.18. The van der Waals surface area contributed by atoms with Crippen molar-refractivity contribution in [1.29, 1.82) is 0 Å². The van der Waals surface area contributed by atoms with Gasteiger partial charge >= 0.3 is 0 Å². The summed E-state index contributed by atoms with van der Waals surface area (Å²) in [6.45, 7) is 4.79. The van der Waals surface area contributed by atoms with Crippen LogP contribution in [0, 0.1) is 0 Å². The first-order chi connectivity index (χ1) is 7.81. The van der Waals surface area contributed by atoms with Gasteiger partial charge in [-0.05, 0) is 6.92 Å². The van der Waals surface area contributed by atoms with E-state index in [0.717, 1.165) is 37.0 Å². The summed E-state index contributed by atoms with van der Waals surface area (Å²) in [6, 6.07) is 0. The fourth-order valence-corrected chi connectivity index (χ4v) is 2.17. The fraction of sp³-hybridized carbons (Fsp3) is 0.556. The zero-order chi connectivity index (χ0) is 11.1. The van der Waals surface area contributed by atoms with Gasteiger partial charge in [0, 0.05) is 26.7 Å². The average molecular weight is 221 g/mol. The summed E-state index contributed by atoms with van der Waals surface area (Å²) < 4.78 is 2.21. The van der Waals surface area contributed by atoms with E-state index < -0.39 is 0 Å². The summed E-state index contributed by atoms with van der Waals surface area (Å²) in [4.78, 5) is 4.64. The SMILES string of the molecule is CCn1c(C2=NNNN2C)nc2c1CNC2. The number of aromatic nitrogens is 2. The summed E-state index contributed by atoms with van der Waals surface area (Å²) in [5, 5.41) is 9.32. The predicted molar refractivity (Wildman–Crippen MR) is 59.0 cm³/mol. The number of hydrazine groups is 2. The molecule has 0 aromatic carbocycles. The fourth-order valence-electron chi connectivity index (χ4n) is 2.17. The number of hydrazone groups is 1. The minimum atomic E-state index is 0.830. The van der Waals surface area contributed by atoms with Crippen LogP contribution in [0.4, 0.5) is 0 Å². The molecule has 0 aliphatic carbocycles. The molecular weight excluding hydrogens is 206 g/mol. The Labute approximate surface area is 93.5 Å². The third kappa shape index (κ3) is 1.22. The van der Waals surface area contributed by atoms with Crippen molar-refractivity contribution in [2.75, 3.05) is 7.05 Å². The molecule has 3 N–H and O–H groups in total. The first kappa shape index (κ1) is 9.61. The van der Waals surface area contributed by atoms with Gasteiger partial charge in [0.25, 0.3) is 0 Å². The zero-order valence-corrected chi connectivity index (χ0v) is 9.41. The number of nitrogens with one attached hydrogen (secondary N) is 3. The second kappa shape index (κ2) is 3.46. The molecule has 3 rings (SSSR count). The first-order valence-electron chi connectivity index (χ1n) is 5.42. The summed E-state index contributed by atoms with van der Waals surface area (Å²) in [5.41, 5.74) is 8.04. The predicted octanol–water partition coefficient (Wildman–Crippen LogP) is -0.878. The van der Waals surface area contributed by atoms with Gasteiger partial charge in [0.1, 0.15) is 0 Å². The lowest BCUT2D eigenvalue weighted by Crippen LogP contribution is -2.38. The number of fused-ring (bicyclic) bond motifs is 1. The molecule has 0 bridgehead atoms. The third-order valence-electron chi connectivity index (χ3n) is 2.95. The van der Waals surface area contributed by atoms with Crippen molar-refractivity contribution in [2.24, 2.45) is 5.10 Å². The quantitative estimate of drug-likeness (QED) is 0.605. The number of imidazole rings is 1. The first-order valence-corrected chi connectivity index (χ1v) is 5.42. The number of rotatable bonds is 2. The maximum atomic E-state index is 4.64. The Morgan fingerprint density at radius 2 is 2.25 bits per heavy atom. The second-order valence-corrected chi connectivity index (χ2v) is 3.89. The highest BCUT2D eigenvalue weighted by Gasteiger charge is 2.26. The molecule has 2 aliphatic heterocycles. The van der Waals surface area contributed by atoms with Crippen molar-refractivity contribution in [3.63, 3.8) is 0 Å². The lowest BCUT2D eigenvalue weighted by atomic mass is 10.4. The van der Waals surface area contributed by atoms with Crippen molar-refractivity contribution in [1.82, 2.24) is 30.9 Å². The van der Waals surface area contributed by atoms with Crippen molar-refractivity contribution in [2.45, 2.75) is 26.6 Å². The molecule has 0 amide bonds. The second-order valence-electron chi connectivity index (χ2n) is 3.89. The molecule has 7 nitrogen and oxygen atoms in total. The van der Waals surface area contributed by atoms with Crippen LogP contribution in [0.15, 0.2) is 5.10 Å². The van der Waals surface area contributed by atoms with E-state index in [9.17, 15) is 0 Å². The van der Waals surface area contributed by atoms with E-state index in [2.05, 4.69) is 38.0 Å². The Bertz CT molecular complexity index is 447. The molecule has 0 saturated heterocycles. The molecule has 0 radical (unpaired) electrons. The molecule has 16 heavy (non-hydrogen) atoms. The van der Waals surface area contributed by atoms with Crippen LogP contribution in [0.5, 0.6) is 0 Å². The molecule has 86 valence electrons. The van der Waals surface area contributed by atoms with Crippen LogP contribution in [-0.2, 0) is 19.6 Å². The topological polar surface area (TPSA) is 69.5 Å². The van der Waals surface area contributed by atoms with Gasteiger partial charge in [0.05, 0.1) is 11.4 Å². The summed E-state index contributed by atoms with van der Waals surface area (Å²) >= 11 is 0. The third-order valence-corrected chi connectivity index (χ3v) is 2.95. The van der Waals surface area contributed by atoms with Crippen LogP contribution in [0.2, 0.25) is 0 Å². The number of hydrogen-bond donors (Lipinski definition) is 3. The standard InChI is InChI=1S/C9H15N7/c1-3-16-7-5-10-4-6(7)11-8(16)9-12-13-14-15(9)2/h10,13-14H,3-5H2,1-2H3. The Morgan fingerprint density at radius 1 is 1.38 bits per heavy atom. The van der Waals surface area contributed by atoms with E-state index in [1.807, 2.05) is 12.1 Å². The molecule has 3 heterocycles. The van der Waals surface area contributed by atoms with Crippen LogP contribution >= 0.6 is 0 Å². The van der Waals surface area contributed by atoms with Crippen LogP contribution < -0.4 is 16.4 Å². The smallest absolute Gasteiger partial charge is 0.208 e. The lowest BCUT2D eigenvalue weighted by molar-refractivity contribution is 0.347. The zero-order valence-electron chi connectivity index (χ0n) is 9.41. The molecular formula is C9H15N7. The summed E-state index contributed by atoms with van der Waals surface area (Å²) in [5.74, 6) is 1.75. The average Bonchev–Trinajstić information content (AvgIpc) is 2.90. The molecule has 7 heteroatoms. The van der Waals surface area contributed by atoms with E-state index in [1.54, 1.807) is 0 Å². The molecule has 0 spiro atoms. The van der Waals surface area contributed by atoms with E-state index in [4.69, 9.17) is 0 Å². The van der Waals surface area contributed by atoms with Crippen molar-refractivity contribution in [3.8, 4) is 0 Å². The largest absolute Gasteiger partial charge is 0.324 e. The van der Waals surface area contributed by atoms with Gasteiger partial charge in [-0.25, -0.2) is 10.5 Å². The molecule has 2 aliphatic rings. The normalized spacial score (nSPS) is 18.6. The van der Waals surface area contributed by atoms with Gasteiger partial charge in [-0.3, -0.25) is 5.01 Å². The summed E-state index contributed by atoms with van der Waals surface area (Å²) in [6.07, 6.45) is 0.